The number of hydrogen-bond donors (Lipinski definition) is 0. The molecule has 3 heterocycles. The van der Waals surface area contributed by atoms with Crippen LogP contribution in [0.4, 0.5) is 0 Å². The van der Waals surface area contributed by atoms with Crippen molar-refractivity contribution >= 4 is 52.2 Å². The summed E-state index contributed by atoms with van der Waals surface area (Å²) in [7, 11) is 0. The smallest absolute Gasteiger partial charge is 0.375 e. The van der Waals surface area contributed by atoms with Crippen molar-refractivity contribution in [2.24, 2.45) is 0 Å². The zero-order valence-corrected chi connectivity index (χ0v) is 25.6. The molecule has 0 aliphatic carbocycles. The van der Waals surface area contributed by atoms with E-state index >= 15 is 0 Å². The zero-order chi connectivity index (χ0) is 32.8. The molecule has 15 nitrogen and oxygen atoms in total. The maximum Gasteiger partial charge on any atom is 0.375 e. The lowest BCUT2D eigenvalue weighted by Gasteiger charge is -2.43. The van der Waals surface area contributed by atoms with Gasteiger partial charge in [-0.2, -0.15) is 0 Å². The van der Waals surface area contributed by atoms with Gasteiger partial charge in [0.05, 0.1) is 28.8 Å². The Balaban J connectivity index is 1.78. The first-order valence-electron chi connectivity index (χ1n) is 13.5. The van der Waals surface area contributed by atoms with Gasteiger partial charge < -0.3 is 37.6 Å². The second kappa shape index (κ2) is 14.3. The second-order valence-electron chi connectivity index (χ2n) is 9.57. The third-order valence-corrected chi connectivity index (χ3v) is 6.80. The molecule has 0 amide bonds. The molecule has 3 aromatic rings. The van der Waals surface area contributed by atoms with Crippen LogP contribution < -0.4 is 10.2 Å². The largest absolute Gasteiger partial charge is 0.463 e. The summed E-state index contributed by atoms with van der Waals surface area (Å²) in [5.41, 5.74) is 1.04. The van der Waals surface area contributed by atoms with Crippen LogP contribution >= 0.6 is 11.3 Å². The Labute approximate surface area is 259 Å². The lowest BCUT2D eigenvalue weighted by molar-refractivity contribution is -0.288. The number of esters is 5. The Morgan fingerprint density at radius 3 is 2.16 bits per heavy atom. The molecule has 45 heavy (non-hydrogen) atoms. The van der Waals surface area contributed by atoms with Gasteiger partial charge in [-0.05, 0) is 19.1 Å². The molecule has 5 atom stereocenters. The normalized spacial score (nSPS) is 21.0. The molecule has 0 unspecified atom stereocenters. The van der Waals surface area contributed by atoms with Crippen molar-refractivity contribution in [3.8, 4) is 17.0 Å². The topological polar surface area (TPSA) is 193 Å². The fourth-order valence-electron chi connectivity index (χ4n) is 4.57. The van der Waals surface area contributed by atoms with E-state index in [1.165, 1.54) is 35.0 Å². The van der Waals surface area contributed by atoms with Gasteiger partial charge in [-0.1, -0.05) is 0 Å². The number of carbonyl (C=O) groups is 5. The summed E-state index contributed by atoms with van der Waals surface area (Å²) in [5, 5.41) is 1.67. The van der Waals surface area contributed by atoms with Crippen molar-refractivity contribution < 1.29 is 61.5 Å². The van der Waals surface area contributed by atoms with Crippen LogP contribution in [0.15, 0.2) is 38.3 Å². The van der Waals surface area contributed by atoms with Crippen LogP contribution in [0.1, 0.15) is 45.2 Å². The quantitative estimate of drug-likeness (QED) is 0.230. The van der Waals surface area contributed by atoms with Gasteiger partial charge in [0.15, 0.2) is 12.2 Å². The lowest BCUT2D eigenvalue weighted by atomic mass is 9.98. The first kappa shape index (κ1) is 33.1. The van der Waals surface area contributed by atoms with E-state index in [-0.39, 0.29) is 40.3 Å². The Morgan fingerprint density at radius 2 is 1.56 bits per heavy atom. The fourth-order valence-corrected chi connectivity index (χ4v) is 5.12. The van der Waals surface area contributed by atoms with Gasteiger partial charge in [-0.3, -0.25) is 24.0 Å². The minimum atomic E-state index is -1.53. The van der Waals surface area contributed by atoms with Gasteiger partial charge >= 0.3 is 29.8 Å². The van der Waals surface area contributed by atoms with E-state index < -0.39 is 72.6 Å². The fraction of sp³-hybridized carbons (Fsp3) is 0.414. The highest BCUT2D eigenvalue weighted by molar-refractivity contribution is 7.07. The monoisotopic (exact) mass is 647 g/mol. The van der Waals surface area contributed by atoms with Gasteiger partial charge in [0, 0.05) is 39.1 Å². The zero-order valence-electron chi connectivity index (χ0n) is 24.8. The van der Waals surface area contributed by atoms with E-state index in [2.05, 4.69) is 4.98 Å². The van der Waals surface area contributed by atoms with Crippen LogP contribution in [0.3, 0.4) is 0 Å². The van der Waals surface area contributed by atoms with Crippen LogP contribution in [0.5, 0.6) is 5.75 Å². The molecule has 0 bridgehead atoms. The summed E-state index contributed by atoms with van der Waals surface area (Å²) in [6, 6.07) is 4.06. The van der Waals surface area contributed by atoms with Gasteiger partial charge in [-0.25, -0.2) is 9.78 Å². The average molecular weight is 648 g/mol. The third kappa shape index (κ3) is 7.82. The maximum atomic E-state index is 13.5. The van der Waals surface area contributed by atoms with E-state index in [0.29, 0.717) is 0 Å². The van der Waals surface area contributed by atoms with Gasteiger partial charge in [0.1, 0.15) is 24.0 Å². The number of rotatable bonds is 10. The van der Waals surface area contributed by atoms with Crippen molar-refractivity contribution in [2.75, 3.05) is 13.2 Å². The van der Waals surface area contributed by atoms with Crippen molar-refractivity contribution in [3.63, 3.8) is 0 Å². The Hall–Kier alpha value is -4.83. The lowest BCUT2D eigenvalue weighted by Crippen LogP contribution is -2.63. The van der Waals surface area contributed by atoms with E-state index in [0.717, 1.165) is 27.7 Å². The molecule has 0 spiro atoms. The highest BCUT2D eigenvalue weighted by Gasteiger charge is 2.53. The number of thiazole rings is 1. The molecule has 4 rings (SSSR count). The molecule has 0 N–H and O–H groups in total. The Morgan fingerprint density at radius 1 is 0.889 bits per heavy atom. The van der Waals surface area contributed by atoms with Crippen molar-refractivity contribution in [1.82, 2.24) is 4.98 Å². The van der Waals surface area contributed by atoms with Crippen molar-refractivity contribution in [2.45, 2.75) is 65.3 Å². The molecule has 1 aliphatic rings. The average Bonchev–Trinajstić information content (AvgIpc) is 3.49. The summed E-state index contributed by atoms with van der Waals surface area (Å²) in [4.78, 5) is 78.2. The van der Waals surface area contributed by atoms with Crippen molar-refractivity contribution in [1.29, 1.82) is 0 Å². The standard InChI is InChI=1S/C29H29NO14S/c1-6-37-28(36)25-22(19-11-45-12-30-19)23(35)18-8-7-17(9-20(18)43-25)42-29-27(41-16(5)34)26(40-15(4)33)24(39-14(3)32)21(44-29)10-38-13(2)31/h7-9,11-12,21,24,26-27,29H,6,10H2,1-5H3/t21-,24-,26-,27+,29+/m1/s1. The SMILES string of the molecule is CCOC(=O)c1oc2cc(O[C@H]3O[C@H](COC(C)=O)[C@@H](OC(C)=O)[C@@H](OC(C)=O)[C@@H]3OC(C)=O)ccc2c(=O)c1-c1cscn1. The minimum absolute atomic E-state index is 0.00256. The van der Waals surface area contributed by atoms with E-state index in [9.17, 15) is 28.8 Å². The van der Waals surface area contributed by atoms with Gasteiger partial charge in [-0.15, -0.1) is 11.3 Å². The molecule has 16 heteroatoms. The summed E-state index contributed by atoms with van der Waals surface area (Å²) in [6.45, 7) is 5.60. The second-order valence-corrected chi connectivity index (χ2v) is 10.3. The predicted molar refractivity (Wildman–Crippen MR) is 152 cm³/mol. The summed E-state index contributed by atoms with van der Waals surface area (Å²) >= 11 is 1.22. The van der Waals surface area contributed by atoms with Crippen LogP contribution in [0, 0.1) is 0 Å². The molecule has 0 radical (unpaired) electrons. The minimum Gasteiger partial charge on any atom is -0.463 e. The number of benzene rings is 1. The molecule has 2 aromatic heterocycles. The van der Waals surface area contributed by atoms with Crippen LogP contribution in [-0.2, 0) is 47.6 Å². The Kier molecular flexibility index (Phi) is 10.5. The first-order valence-corrected chi connectivity index (χ1v) is 14.5. The Bertz CT molecular complexity index is 1650. The van der Waals surface area contributed by atoms with Gasteiger partial charge in [0.2, 0.25) is 23.6 Å². The molecule has 1 aliphatic heterocycles. The number of carbonyl (C=O) groups excluding carboxylic acids is 5. The molecule has 1 aromatic carbocycles. The third-order valence-electron chi connectivity index (χ3n) is 6.21. The summed E-state index contributed by atoms with van der Waals surface area (Å²) in [6.07, 6.45) is -7.10. The van der Waals surface area contributed by atoms with Crippen LogP contribution in [0.2, 0.25) is 0 Å². The van der Waals surface area contributed by atoms with E-state index in [1.54, 1.807) is 12.3 Å². The highest BCUT2D eigenvalue weighted by Crippen LogP contribution is 2.33. The highest BCUT2D eigenvalue weighted by atomic mass is 32.1. The van der Waals surface area contributed by atoms with E-state index in [1.807, 2.05) is 0 Å². The first-order chi connectivity index (χ1) is 21.4. The molecule has 1 saturated heterocycles. The summed E-state index contributed by atoms with van der Waals surface area (Å²) in [5.74, 6) is -4.34. The number of fused-ring (bicyclic) bond motifs is 1. The van der Waals surface area contributed by atoms with Gasteiger partial charge in [0.25, 0.3) is 0 Å². The summed E-state index contributed by atoms with van der Waals surface area (Å²) < 4.78 is 44.2. The predicted octanol–water partition coefficient (Wildman–Crippen LogP) is 2.56. The molecule has 1 fully saturated rings. The van der Waals surface area contributed by atoms with E-state index in [4.69, 9.17) is 37.6 Å². The number of aromatic nitrogens is 1. The molecular weight excluding hydrogens is 618 g/mol. The van der Waals surface area contributed by atoms with Crippen molar-refractivity contribution in [3.05, 3.63) is 45.1 Å². The number of ether oxygens (including phenoxy) is 7. The maximum absolute atomic E-state index is 13.5. The van der Waals surface area contributed by atoms with Crippen LogP contribution in [0.25, 0.3) is 22.2 Å². The number of nitrogens with zero attached hydrogens (tertiary/aromatic N) is 1. The molecule has 240 valence electrons. The van der Waals surface area contributed by atoms with Crippen LogP contribution in [-0.4, -0.2) is 78.8 Å². The molecular formula is C29H29NO14S. The number of hydrogen-bond acceptors (Lipinski definition) is 16. The molecule has 0 saturated carbocycles.